The standard InChI is InChI=1S/C25H43N5O9/c1-19-2-4-20(5-3-19)30(18-25(38)39)21(31)14-26-6-8-27(15-22(32)33)10-12-29(17-24(36)37)13-11-28(9-7-26)16-23(34)35/h19-20H,2-18H2,1H3,(H,32,33)(H,34,35)(H,36,37)(H,38,39). The van der Waals surface area contributed by atoms with E-state index in [4.69, 9.17) is 0 Å². The van der Waals surface area contributed by atoms with Gasteiger partial charge < -0.3 is 25.3 Å². The molecule has 0 aromatic rings. The van der Waals surface area contributed by atoms with Crippen molar-refractivity contribution in [2.24, 2.45) is 5.92 Å². The molecule has 1 saturated carbocycles. The van der Waals surface area contributed by atoms with E-state index in [-0.39, 0.29) is 70.9 Å². The topological polar surface area (TPSA) is 182 Å². The van der Waals surface area contributed by atoms with Crippen molar-refractivity contribution in [3.63, 3.8) is 0 Å². The van der Waals surface area contributed by atoms with E-state index in [0.717, 1.165) is 25.7 Å². The zero-order valence-corrected chi connectivity index (χ0v) is 22.7. The van der Waals surface area contributed by atoms with Gasteiger partial charge in [-0.1, -0.05) is 6.92 Å². The molecular formula is C25H43N5O9. The van der Waals surface area contributed by atoms with E-state index >= 15 is 0 Å². The maximum Gasteiger partial charge on any atom is 0.323 e. The van der Waals surface area contributed by atoms with Crippen molar-refractivity contribution < 1.29 is 44.4 Å². The summed E-state index contributed by atoms with van der Waals surface area (Å²) in [5.74, 6) is -3.94. The highest BCUT2D eigenvalue weighted by Gasteiger charge is 2.30. The number of hydrogen-bond donors (Lipinski definition) is 4. The highest BCUT2D eigenvalue weighted by atomic mass is 16.4. The average Bonchev–Trinajstić information content (AvgIpc) is 2.83. The Kier molecular flexibility index (Phi) is 13.6. The Labute approximate surface area is 228 Å². The molecule has 1 heterocycles. The predicted octanol–water partition coefficient (Wildman–Crippen LogP) is -1.05. The van der Waals surface area contributed by atoms with Gasteiger partial charge in [-0.05, 0) is 31.6 Å². The second-order valence-corrected chi connectivity index (χ2v) is 10.6. The van der Waals surface area contributed by atoms with Gasteiger partial charge in [0, 0.05) is 58.4 Å². The number of carboxylic acid groups (broad SMARTS) is 4. The van der Waals surface area contributed by atoms with Crippen molar-refractivity contribution in [2.75, 3.05) is 85.1 Å². The lowest BCUT2D eigenvalue weighted by Crippen LogP contribution is -2.52. The number of carbonyl (C=O) groups excluding carboxylic acids is 1. The van der Waals surface area contributed by atoms with Gasteiger partial charge in [0.1, 0.15) is 6.54 Å². The predicted molar refractivity (Wildman–Crippen MR) is 139 cm³/mol. The average molecular weight is 558 g/mol. The van der Waals surface area contributed by atoms with Crippen LogP contribution >= 0.6 is 0 Å². The molecule has 14 heteroatoms. The molecule has 2 fully saturated rings. The van der Waals surface area contributed by atoms with Crippen LogP contribution in [-0.4, -0.2) is 166 Å². The molecule has 1 aliphatic heterocycles. The Morgan fingerprint density at radius 3 is 1.21 bits per heavy atom. The van der Waals surface area contributed by atoms with Crippen molar-refractivity contribution in [2.45, 2.75) is 38.6 Å². The van der Waals surface area contributed by atoms with Gasteiger partial charge in [-0.15, -0.1) is 0 Å². The number of carboxylic acids is 4. The quantitative estimate of drug-likeness (QED) is 0.242. The SMILES string of the molecule is CC1CCC(N(CC(=O)O)C(=O)CN2CCN(CC(=O)O)CCN(CC(=O)O)CCN(CC(=O)O)CC2)CC1. The first kappa shape index (κ1) is 32.4. The Balaban J connectivity index is 2.19. The minimum Gasteiger partial charge on any atom is -0.480 e. The van der Waals surface area contributed by atoms with E-state index in [1.54, 1.807) is 14.7 Å². The molecule has 0 unspecified atom stereocenters. The summed E-state index contributed by atoms with van der Waals surface area (Å²) in [4.78, 5) is 67.5. The summed E-state index contributed by atoms with van der Waals surface area (Å²) in [6.45, 7) is 3.27. The number of carbonyl (C=O) groups is 5. The van der Waals surface area contributed by atoms with E-state index in [9.17, 15) is 44.4 Å². The number of hydrogen-bond acceptors (Lipinski definition) is 9. The van der Waals surface area contributed by atoms with Crippen LogP contribution in [0.25, 0.3) is 0 Å². The van der Waals surface area contributed by atoms with Crippen LogP contribution in [0, 0.1) is 5.92 Å². The fraction of sp³-hybridized carbons (Fsp3) is 0.800. The summed E-state index contributed by atoms with van der Waals surface area (Å²) in [5, 5.41) is 37.5. The lowest BCUT2D eigenvalue weighted by Gasteiger charge is -2.37. The second-order valence-electron chi connectivity index (χ2n) is 10.6. The molecule has 1 saturated heterocycles. The van der Waals surface area contributed by atoms with Crippen molar-refractivity contribution in [1.82, 2.24) is 24.5 Å². The van der Waals surface area contributed by atoms with Gasteiger partial charge in [-0.3, -0.25) is 43.6 Å². The van der Waals surface area contributed by atoms with Gasteiger partial charge in [-0.2, -0.15) is 0 Å². The zero-order chi connectivity index (χ0) is 28.9. The number of rotatable bonds is 11. The third-order valence-corrected chi connectivity index (χ3v) is 7.42. The van der Waals surface area contributed by atoms with Crippen LogP contribution in [0.15, 0.2) is 0 Å². The largest absolute Gasteiger partial charge is 0.480 e. The Morgan fingerprint density at radius 1 is 0.564 bits per heavy atom. The summed E-state index contributed by atoms with van der Waals surface area (Å²) in [6.07, 6.45) is 3.33. The molecule has 222 valence electrons. The molecule has 1 aliphatic carbocycles. The van der Waals surface area contributed by atoms with Crippen molar-refractivity contribution >= 4 is 29.8 Å². The van der Waals surface area contributed by atoms with Crippen molar-refractivity contribution in [3.05, 3.63) is 0 Å². The molecular weight excluding hydrogens is 514 g/mol. The second kappa shape index (κ2) is 16.3. The maximum absolute atomic E-state index is 13.4. The highest BCUT2D eigenvalue weighted by Crippen LogP contribution is 2.27. The third kappa shape index (κ3) is 12.7. The van der Waals surface area contributed by atoms with Crippen LogP contribution < -0.4 is 0 Å². The van der Waals surface area contributed by atoms with Crippen molar-refractivity contribution in [1.29, 1.82) is 0 Å². The van der Waals surface area contributed by atoms with E-state index in [1.165, 1.54) is 4.90 Å². The third-order valence-electron chi connectivity index (χ3n) is 7.42. The molecule has 0 spiro atoms. The molecule has 0 radical (unpaired) electrons. The van der Waals surface area contributed by atoms with E-state index < -0.39 is 23.9 Å². The van der Waals surface area contributed by atoms with Crippen LogP contribution in [0.5, 0.6) is 0 Å². The van der Waals surface area contributed by atoms with Gasteiger partial charge in [0.15, 0.2) is 0 Å². The zero-order valence-electron chi connectivity index (χ0n) is 22.7. The van der Waals surface area contributed by atoms with Crippen LogP contribution in [0.1, 0.15) is 32.6 Å². The molecule has 2 rings (SSSR count). The molecule has 0 bridgehead atoms. The molecule has 0 atom stereocenters. The molecule has 4 N–H and O–H groups in total. The van der Waals surface area contributed by atoms with Gasteiger partial charge in [0.25, 0.3) is 0 Å². The highest BCUT2D eigenvalue weighted by molar-refractivity contribution is 5.83. The summed E-state index contributed by atoms with van der Waals surface area (Å²) < 4.78 is 0. The number of amides is 1. The first-order valence-corrected chi connectivity index (χ1v) is 13.5. The Bertz CT molecular complexity index is 818. The molecule has 39 heavy (non-hydrogen) atoms. The molecule has 14 nitrogen and oxygen atoms in total. The van der Waals surface area contributed by atoms with E-state index in [1.807, 2.05) is 4.90 Å². The van der Waals surface area contributed by atoms with Gasteiger partial charge >= 0.3 is 23.9 Å². The summed E-state index contributed by atoms with van der Waals surface area (Å²) >= 11 is 0. The summed E-state index contributed by atoms with van der Waals surface area (Å²) in [5.41, 5.74) is 0. The first-order chi connectivity index (χ1) is 18.4. The normalized spacial score (nSPS) is 23.3. The lowest BCUT2D eigenvalue weighted by molar-refractivity contribution is -0.147. The van der Waals surface area contributed by atoms with Crippen molar-refractivity contribution in [3.8, 4) is 0 Å². The lowest BCUT2D eigenvalue weighted by atomic mass is 9.86. The minimum absolute atomic E-state index is 0.0632. The minimum atomic E-state index is -1.08. The smallest absolute Gasteiger partial charge is 0.323 e. The molecule has 0 aromatic heterocycles. The first-order valence-electron chi connectivity index (χ1n) is 13.5. The fourth-order valence-electron chi connectivity index (χ4n) is 5.19. The van der Waals surface area contributed by atoms with Crippen LogP contribution in [0.3, 0.4) is 0 Å². The Morgan fingerprint density at radius 2 is 0.897 bits per heavy atom. The molecule has 2 aliphatic rings. The molecule has 1 amide bonds. The van der Waals surface area contributed by atoms with E-state index in [0.29, 0.717) is 32.1 Å². The number of nitrogens with zero attached hydrogens (tertiary/aromatic N) is 5. The van der Waals surface area contributed by atoms with Crippen LogP contribution in [-0.2, 0) is 24.0 Å². The van der Waals surface area contributed by atoms with Gasteiger partial charge in [0.05, 0.1) is 26.2 Å². The van der Waals surface area contributed by atoms with Gasteiger partial charge in [-0.25, -0.2) is 0 Å². The van der Waals surface area contributed by atoms with Crippen LogP contribution in [0.2, 0.25) is 0 Å². The Hall–Kier alpha value is -2.81. The fourth-order valence-corrected chi connectivity index (χ4v) is 5.19. The number of aliphatic carboxylic acids is 4. The van der Waals surface area contributed by atoms with E-state index in [2.05, 4.69) is 6.92 Å². The monoisotopic (exact) mass is 557 g/mol. The molecule has 0 aromatic carbocycles. The summed E-state index contributed by atoms with van der Waals surface area (Å²) in [6, 6.07) is -0.149. The maximum atomic E-state index is 13.4. The summed E-state index contributed by atoms with van der Waals surface area (Å²) in [7, 11) is 0. The van der Waals surface area contributed by atoms with Gasteiger partial charge in [0.2, 0.25) is 5.91 Å². The van der Waals surface area contributed by atoms with Crippen LogP contribution in [0.4, 0.5) is 0 Å².